The monoisotopic (exact) mass is 244 g/mol. The fourth-order valence-corrected chi connectivity index (χ4v) is 2.13. The summed E-state index contributed by atoms with van der Waals surface area (Å²) in [7, 11) is 0. The van der Waals surface area contributed by atoms with Crippen LogP contribution in [-0.4, -0.2) is 16.9 Å². The Morgan fingerprint density at radius 2 is 2.11 bits per heavy atom. The van der Waals surface area contributed by atoms with Gasteiger partial charge in [0.1, 0.15) is 0 Å². The van der Waals surface area contributed by atoms with Gasteiger partial charge in [0, 0.05) is 22.6 Å². The SMILES string of the molecule is CCC(C)NC(=O)c1c(C)[nH]c2ccc(C)cc12. The zero-order valence-electron chi connectivity index (χ0n) is 11.4. The van der Waals surface area contributed by atoms with E-state index in [1.54, 1.807) is 0 Å². The normalized spacial score (nSPS) is 12.7. The van der Waals surface area contributed by atoms with E-state index in [4.69, 9.17) is 0 Å². The second kappa shape index (κ2) is 4.84. The second-order valence-electron chi connectivity index (χ2n) is 4.96. The number of carbonyl (C=O) groups is 1. The molecular weight excluding hydrogens is 224 g/mol. The van der Waals surface area contributed by atoms with E-state index >= 15 is 0 Å². The Hall–Kier alpha value is -1.77. The van der Waals surface area contributed by atoms with E-state index in [-0.39, 0.29) is 11.9 Å². The number of H-pyrrole nitrogens is 1. The number of nitrogens with one attached hydrogen (secondary N) is 2. The first-order chi connectivity index (χ1) is 8.52. The Kier molecular flexibility index (Phi) is 3.41. The molecule has 3 heteroatoms. The van der Waals surface area contributed by atoms with Crippen molar-refractivity contribution in [3.63, 3.8) is 0 Å². The van der Waals surface area contributed by atoms with Gasteiger partial charge in [-0.15, -0.1) is 0 Å². The van der Waals surface area contributed by atoms with Crippen molar-refractivity contribution in [1.82, 2.24) is 10.3 Å². The molecule has 2 rings (SSSR count). The number of aromatic amines is 1. The maximum absolute atomic E-state index is 12.3. The number of hydrogen-bond acceptors (Lipinski definition) is 1. The van der Waals surface area contributed by atoms with E-state index in [1.165, 1.54) is 5.56 Å². The number of aromatic nitrogens is 1. The first-order valence-electron chi connectivity index (χ1n) is 6.42. The zero-order valence-corrected chi connectivity index (χ0v) is 11.4. The number of fused-ring (bicyclic) bond motifs is 1. The summed E-state index contributed by atoms with van der Waals surface area (Å²) in [6.45, 7) is 8.07. The van der Waals surface area contributed by atoms with Gasteiger partial charge in [0.05, 0.1) is 5.56 Å². The van der Waals surface area contributed by atoms with Crippen LogP contribution in [0.4, 0.5) is 0 Å². The molecule has 1 aromatic heterocycles. The summed E-state index contributed by atoms with van der Waals surface area (Å²) in [6, 6.07) is 6.34. The first kappa shape index (κ1) is 12.7. The van der Waals surface area contributed by atoms with Gasteiger partial charge in [-0.25, -0.2) is 0 Å². The summed E-state index contributed by atoms with van der Waals surface area (Å²) in [5.74, 6) is 0.0127. The minimum absolute atomic E-state index is 0.0127. The third-order valence-corrected chi connectivity index (χ3v) is 3.36. The summed E-state index contributed by atoms with van der Waals surface area (Å²) in [5.41, 5.74) is 3.89. The lowest BCUT2D eigenvalue weighted by Crippen LogP contribution is -2.32. The Labute approximate surface area is 108 Å². The van der Waals surface area contributed by atoms with Gasteiger partial charge in [0.25, 0.3) is 5.91 Å². The van der Waals surface area contributed by atoms with Gasteiger partial charge in [0.2, 0.25) is 0 Å². The van der Waals surface area contributed by atoms with Crippen molar-refractivity contribution in [2.24, 2.45) is 0 Å². The first-order valence-corrected chi connectivity index (χ1v) is 6.42. The zero-order chi connectivity index (χ0) is 13.3. The summed E-state index contributed by atoms with van der Waals surface area (Å²) in [4.78, 5) is 15.6. The summed E-state index contributed by atoms with van der Waals surface area (Å²) < 4.78 is 0. The van der Waals surface area contributed by atoms with Crippen LogP contribution in [0.15, 0.2) is 18.2 Å². The maximum Gasteiger partial charge on any atom is 0.253 e. The van der Waals surface area contributed by atoms with Crippen LogP contribution in [0.5, 0.6) is 0 Å². The third-order valence-electron chi connectivity index (χ3n) is 3.36. The summed E-state index contributed by atoms with van der Waals surface area (Å²) in [6.07, 6.45) is 0.937. The van der Waals surface area contributed by atoms with E-state index in [0.717, 1.165) is 28.6 Å². The lowest BCUT2D eigenvalue weighted by molar-refractivity contribution is 0.0940. The Morgan fingerprint density at radius 3 is 2.78 bits per heavy atom. The molecule has 1 unspecified atom stereocenters. The topological polar surface area (TPSA) is 44.9 Å². The summed E-state index contributed by atoms with van der Waals surface area (Å²) in [5, 5.41) is 4.03. The maximum atomic E-state index is 12.3. The molecule has 1 heterocycles. The van der Waals surface area contributed by atoms with E-state index in [2.05, 4.69) is 29.4 Å². The number of carbonyl (C=O) groups excluding carboxylic acids is 1. The fourth-order valence-electron chi connectivity index (χ4n) is 2.13. The molecule has 0 fully saturated rings. The van der Waals surface area contributed by atoms with Gasteiger partial charge in [0.15, 0.2) is 0 Å². The molecule has 0 saturated carbocycles. The lowest BCUT2D eigenvalue weighted by atomic mass is 10.1. The highest BCUT2D eigenvalue weighted by Gasteiger charge is 2.17. The molecule has 2 N–H and O–H groups in total. The molecule has 2 aromatic rings. The van der Waals surface area contributed by atoms with Crippen molar-refractivity contribution in [3.8, 4) is 0 Å². The fraction of sp³-hybridized carbons (Fsp3) is 0.400. The molecular formula is C15H20N2O. The highest BCUT2D eigenvalue weighted by molar-refractivity contribution is 6.08. The molecule has 0 aliphatic carbocycles. The lowest BCUT2D eigenvalue weighted by Gasteiger charge is -2.11. The Balaban J connectivity index is 2.46. The number of aryl methyl sites for hydroxylation is 2. The van der Waals surface area contributed by atoms with Crippen LogP contribution in [0, 0.1) is 13.8 Å². The van der Waals surface area contributed by atoms with Gasteiger partial charge >= 0.3 is 0 Å². The van der Waals surface area contributed by atoms with Crippen LogP contribution >= 0.6 is 0 Å². The third kappa shape index (κ3) is 2.26. The largest absolute Gasteiger partial charge is 0.358 e. The van der Waals surface area contributed by atoms with Gasteiger partial charge in [-0.3, -0.25) is 4.79 Å². The molecule has 96 valence electrons. The van der Waals surface area contributed by atoms with Crippen LogP contribution in [0.1, 0.15) is 41.9 Å². The average Bonchev–Trinajstić information content (AvgIpc) is 2.64. The minimum Gasteiger partial charge on any atom is -0.358 e. The predicted octanol–water partition coefficient (Wildman–Crippen LogP) is 3.31. The Morgan fingerprint density at radius 1 is 1.39 bits per heavy atom. The van der Waals surface area contributed by atoms with E-state index in [1.807, 2.05) is 26.8 Å². The van der Waals surface area contributed by atoms with Crippen molar-refractivity contribution in [3.05, 3.63) is 35.0 Å². The predicted molar refractivity (Wildman–Crippen MR) is 75.0 cm³/mol. The molecule has 0 bridgehead atoms. The van der Waals surface area contributed by atoms with Gasteiger partial charge in [-0.1, -0.05) is 18.6 Å². The molecule has 1 amide bonds. The van der Waals surface area contributed by atoms with E-state index < -0.39 is 0 Å². The highest BCUT2D eigenvalue weighted by Crippen LogP contribution is 2.23. The molecule has 18 heavy (non-hydrogen) atoms. The summed E-state index contributed by atoms with van der Waals surface area (Å²) >= 11 is 0. The highest BCUT2D eigenvalue weighted by atomic mass is 16.1. The number of rotatable bonds is 3. The van der Waals surface area contributed by atoms with E-state index in [9.17, 15) is 4.79 Å². The molecule has 0 radical (unpaired) electrons. The van der Waals surface area contributed by atoms with Crippen LogP contribution in [0.2, 0.25) is 0 Å². The standard InChI is InChI=1S/C15H20N2O/c1-5-10(3)16-15(18)14-11(4)17-13-7-6-9(2)8-12(13)14/h6-8,10,17H,5H2,1-4H3,(H,16,18). The van der Waals surface area contributed by atoms with Crippen molar-refractivity contribution >= 4 is 16.8 Å². The minimum atomic E-state index is 0.0127. The van der Waals surface area contributed by atoms with Gasteiger partial charge < -0.3 is 10.3 Å². The number of hydrogen-bond donors (Lipinski definition) is 2. The Bertz CT molecular complexity index is 583. The number of benzene rings is 1. The van der Waals surface area contributed by atoms with Crippen LogP contribution in [0.3, 0.4) is 0 Å². The van der Waals surface area contributed by atoms with Crippen LogP contribution < -0.4 is 5.32 Å². The molecule has 0 spiro atoms. The van der Waals surface area contributed by atoms with Gasteiger partial charge in [-0.2, -0.15) is 0 Å². The second-order valence-corrected chi connectivity index (χ2v) is 4.96. The smallest absolute Gasteiger partial charge is 0.253 e. The molecule has 3 nitrogen and oxygen atoms in total. The average molecular weight is 244 g/mol. The van der Waals surface area contributed by atoms with Crippen molar-refractivity contribution in [1.29, 1.82) is 0 Å². The quantitative estimate of drug-likeness (QED) is 0.854. The molecule has 1 aromatic carbocycles. The number of amides is 1. The van der Waals surface area contributed by atoms with Crippen molar-refractivity contribution in [2.75, 3.05) is 0 Å². The van der Waals surface area contributed by atoms with E-state index in [0.29, 0.717) is 0 Å². The molecule has 1 atom stereocenters. The van der Waals surface area contributed by atoms with Crippen LogP contribution in [-0.2, 0) is 0 Å². The van der Waals surface area contributed by atoms with Crippen LogP contribution in [0.25, 0.3) is 10.9 Å². The molecule has 0 aliphatic rings. The van der Waals surface area contributed by atoms with Crippen molar-refractivity contribution in [2.45, 2.75) is 40.2 Å². The molecule has 0 aliphatic heterocycles. The van der Waals surface area contributed by atoms with Crippen molar-refractivity contribution < 1.29 is 4.79 Å². The van der Waals surface area contributed by atoms with Gasteiger partial charge in [-0.05, 0) is 39.3 Å². The molecule has 0 saturated heterocycles.